The molecule has 1 amide bonds. The van der Waals surface area contributed by atoms with Crippen LogP contribution < -0.4 is 5.32 Å². The van der Waals surface area contributed by atoms with Crippen LogP contribution in [0.5, 0.6) is 0 Å². The summed E-state index contributed by atoms with van der Waals surface area (Å²) in [6.07, 6.45) is 19.5. The molecule has 0 unspecified atom stereocenters. The zero-order valence-corrected chi connectivity index (χ0v) is 17.6. The number of nitrogens with one attached hydrogen (secondary N) is 1. The van der Waals surface area contributed by atoms with E-state index in [1.54, 1.807) is 0 Å². The van der Waals surface area contributed by atoms with Crippen LogP contribution in [0.25, 0.3) is 0 Å². The number of hydrogen-bond donors (Lipinski definition) is 1. The Labute approximate surface area is 158 Å². The van der Waals surface area contributed by atoms with Gasteiger partial charge in [0.2, 0.25) is 5.91 Å². The average molecular weight is 355 g/mol. The molecule has 0 aromatic heterocycles. The van der Waals surface area contributed by atoms with Gasteiger partial charge in [0.15, 0.2) is 0 Å². The van der Waals surface area contributed by atoms with E-state index in [2.05, 4.69) is 12.2 Å². The largest absolute Gasteiger partial charge is 0.342 e. The molecule has 3 heteroatoms. The summed E-state index contributed by atoms with van der Waals surface area (Å²) in [5.41, 5.74) is 0. The van der Waals surface area contributed by atoms with Crippen LogP contribution in [0.1, 0.15) is 111 Å². The Balaban J connectivity index is 3.15. The minimum atomic E-state index is 0.232. The van der Waals surface area contributed by atoms with Crippen LogP contribution in [0, 0.1) is 0 Å². The van der Waals surface area contributed by atoms with E-state index < -0.39 is 0 Å². The Morgan fingerprint density at radius 3 is 1.44 bits per heavy atom. The third-order valence-corrected chi connectivity index (χ3v) is 5.10. The molecule has 25 heavy (non-hydrogen) atoms. The second kappa shape index (κ2) is 19.8. The smallest absolute Gasteiger partial charge is 0.236 e. The molecule has 0 rings (SSSR count). The van der Waals surface area contributed by atoms with Gasteiger partial charge in [0.05, 0.1) is 6.54 Å². The molecule has 0 aromatic rings. The normalized spacial score (nSPS) is 11.0. The first-order valence-corrected chi connectivity index (χ1v) is 11.2. The Kier molecular flexibility index (Phi) is 19.3. The minimum Gasteiger partial charge on any atom is -0.342 e. The van der Waals surface area contributed by atoms with Crippen LogP contribution in [0.2, 0.25) is 0 Å². The number of carbonyl (C=O) groups excluding carboxylic acids is 1. The summed E-state index contributed by atoms with van der Waals surface area (Å²) in [5, 5.41) is 3.29. The Morgan fingerprint density at radius 2 is 1.04 bits per heavy atom. The third kappa shape index (κ3) is 16.6. The third-order valence-electron chi connectivity index (χ3n) is 5.10. The lowest BCUT2D eigenvalue weighted by molar-refractivity contribution is -0.129. The van der Waals surface area contributed by atoms with E-state index in [1.165, 1.54) is 89.9 Å². The van der Waals surface area contributed by atoms with Gasteiger partial charge in [0.1, 0.15) is 0 Å². The van der Waals surface area contributed by atoms with Crippen molar-refractivity contribution in [2.45, 2.75) is 111 Å². The van der Waals surface area contributed by atoms with E-state index in [4.69, 9.17) is 0 Å². The average Bonchev–Trinajstić information content (AvgIpc) is 2.62. The number of carbonyl (C=O) groups is 1. The summed E-state index contributed by atoms with van der Waals surface area (Å²) < 4.78 is 0. The van der Waals surface area contributed by atoms with Gasteiger partial charge < -0.3 is 10.2 Å². The first-order valence-electron chi connectivity index (χ1n) is 11.2. The van der Waals surface area contributed by atoms with Gasteiger partial charge in [-0.3, -0.25) is 4.79 Å². The maximum Gasteiger partial charge on any atom is 0.236 e. The highest BCUT2D eigenvalue weighted by molar-refractivity contribution is 5.78. The number of amides is 1. The van der Waals surface area contributed by atoms with Crippen molar-refractivity contribution in [2.75, 3.05) is 26.2 Å². The van der Waals surface area contributed by atoms with Gasteiger partial charge in [-0.05, 0) is 26.8 Å². The van der Waals surface area contributed by atoms with Gasteiger partial charge in [-0.2, -0.15) is 0 Å². The summed E-state index contributed by atoms with van der Waals surface area (Å²) in [4.78, 5) is 13.7. The number of likely N-dealkylation sites (N-methyl/N-ethyl adjacent to an activating group) is 1. The molecule has 0 saturated carbocycles. The number of unbranched alkanes of at least 4 members (excludes halogenated alkanes) is 13. The molecule has 0 aromatic carbocycles. The maximum atomic E-state index is 11.8. The van der Waals surface area contributed by atoms with Crippen molar-refractivity contribution in [1.82, 2.24) is 10.2 Å². The summed E-state index contributed by atoms with van der Waals surface area (Å²) in [7, 11) is 0. The number of nitrogens with zero attached hydrogens (tertiary/aromatic N) is 1. The fraction of sp³-hybridized carbons (Fsp3) is 0.955. The monoisotopic (exact) mass is 354 g/mol. The second-order valence-electron chi connectivity index (χ2n) is 7.34. The molecular weight excluding hydrogens is 308 g/mol. The zero-order chi connectivity index (χ0) is 18.6. The molecule has 0 aliphatic carbocycles. The zero-order valence-electron chi connectivity index (χ0n) is 17.6. The Hall–Kier alpha value is -0.570. The van der Waals surface area contributed by atoms with E-state index in [1.807, 2.05) is 18.7 Å². The van der Waals surface area contributed by atoms with E-state index in [9.17, 15) is 4.79 Å². The van der Waals surface area contributed by atoms with Crippen molar-refractivity contribution < 1.29 is 4.79 Å². The molecule has 0 atom stereocenters. The Morgan fingerprint density at radius 1 is 0.640 bits per heavy atom. The predicted octanol–water partition coefficient (Wildman–Crippen LogP) is 5.93. The number of hydrogen-bond acceptors (Lipinski definition) is 2. The van der Waals surface area contributed by atoms with Gasteiger partial charge in [-0.15, -0.1) is 0 Å². The van der Waals surface area contributed by atoms with Crippen molar-refractivity contribution in [3.8, 4) is 0 Å². The van der Waals surface area contributed by atoms with Gasteiger partial charge in [-0.1, -0.05) is 90.4 Å². The van der Waals surface area contributed by atoms with Gasteiger partial charge >= 0.3 is 0 Å². The van der Waals surface area contributed by atoms with Crippen LogP contribution in [-0.4, -0.2) is 37.0 Å². The lowest BCUT2D eigenvalue weighted by atomic mass is 10.0. The highest BCUT2D eigenvalue weighted by Crippen LogP contribution is 2.12. The minimum absolute atomic E-state index is 0.232. The lowest BCUT2D eigenvalue weighted by Gasteiger charge is -2.18. The van der Waals surface area contributed by atoms with Crippen LogP contribution in [0.4, 0.5) is 0 Å². The Bertz CT molecular complexity index is 277. The fourth-order valence-corrected chi connectivity index (χ4v) is 3.33. The van der Waals surface area contributed by atoms with Crippen LogP contribution in [0.3, 0.4) is 0 Å². The fourth-order valence-electron chi connectivity index (χ4n) is 3.33. The highest BCUT2D eigenvalue weighted by atomic mass is 16.2. The standard InChI is InChI=1S/C22H46N2O/c1-4-7-8-9-10-11-12-13-14-15-16-17-18-19-20-23-21-22(25)24(5-2)6-3/h23H,4-21H2,1-3H3. The molecule has 0 radical (unpaired) electrons. The first-order chi connectivity index (χ1) is 12.3. The summed E-state index contributed by atoms with van der Waals surface area (Å²) in [6, 6.07) is 0. The van der Waals surface area contributed by atoms with Crippen molar-refractivity contribution in [3.05, 3.63) is 0 Å². The van der Waals surface area contributed by atoms with Crippen LogP contribution in [0.15, 0.2) is 0 Å². The molecule has 0 bridgehead atoms. The lowest BCUT2D eigenvalue weighted by Crippen LogP contribution is -2.38. The second-order valence-corrected chi connectivity index (χ2v) is 7.34. The molecular formula is C22H46N2O. The van der Waals surface area contributed by atoms with Crippen molar-refractivity contribution in [3.63, 3.8) is 0 Å². The highest BCUT2D eigenvalue weighted by Gasteiger charge is 2.07. The molecule has 3 nitrogen and oxygen atoms in total. The van der Waals surface area contributed by atoms with Gasteiger partial charge in [-0.25, -0.2) is 0 Å². The van der Waals surface area contributed by atoms with Crippen LogP contribution in [-0.2, 0) is 4.79 Å². The predicted molar refractivity (Wildman–Crippen MR) is 111 cm³/mol. The molecule has 0 fully saturated rings. The van der Waals surface area contributed by atoms with Gasteiger partial charge in [0.25, 0.3) is 0 Å². The van der Waals surface area contributed by atoms with E-state index >= 15 is 0 Å². The SMILES string of the molecule is CCCCCCCCCCCCCCCCNCC(=O)N(CC)CC. The maximum absolute atomic E-state index is 11.8. The van der Waals surface area contributed by atoms with E-state index in [-0.39, 0.29) is 5.91 Å². The molecule has 1 N–H and O–H groups in total. The summed E-state index contributed by atoms with van der Waals surface area (Å²) in [6.45, 7) is 9.46. The molecule has 0 aliphatic rings. The molecule has 0 heterocycles. The van der Waals surface area contributed by atoms with Crippen molar-refractivity contribution >= 4 is 5.91 Å². The summed E-state index contributed by atoms with van der Waals surface area (Å²) >= 11 is 0. The summed E-state index contributed by atoms with van der Waals surface area (Å²) in [5.74, 6) is 0.232. The van der Waals surface area contributed by atoms with E-state index in [0.717, 1.165) is 19.6 Å². The quantitative estimate of drug-likeness (QED) is 0.292. The van der Waals surface area contributed by atoms with Crippen LogP contribution >= 0.6 is 0 Å². The van der Waals surface area contributed by atoms with Gasteiger partial charge in [0, 0.05) is 13.1 Å². The topological polar surface area (TPSA) is 32.3 Å². The molecule has 0 spiro atoms. The van der Waals surface area contributed by atoms with E-state index in [0.29, 0.717) is 6.54 Å². The van der Waals surface area contributed by atoms with Crippen molar-refractivity contribution in [2.24, 2.45) is 0 Å². The first kappa shape index (κ1) is 24.4. The van der Waals surface area contributed by atoms with Crippen molar-refractivity contribution in [1.29, 1.82) is 0 Å². The molecule has 150 valence electrons. The number of rotatable bonds is 19. The molecule has 0 saturated heterocycles. The molecule has 0 aliphatic heterocycles.